The molecule has 0 amide bonds. The standard InChI is InChI=1S/C12H19N3O/c1-8(2)10-7-11(15-12(16)14-10)9-3-5-13-6-4-9/h7-9,13H,3-6H2,1-2H3,(H,14,15,16). The van der Waals surface area contributed by atoms with Crippen LogP contribution in [-0.4, -0.2) is 23.1 Å². The fourth-order valence-corrected chi connectivity index (χ4v) is 2.14. The molecule has 1 aliphatic rings. The maximum absolute atomic E-state index is 11.5. The number of hydrogen-bond donors (Lipinski definition) is 2. The second kappa shape index (κ2) is 4.78. The van der Waals surface area contributed by atoms with Crippen molar-refractivity contribution < 1.29 is 0 Å². The molecule has 0 aliphatic carbocycles. The third-order valence-corrected chi connectivity index (χ3v) is 3.16. The predicted molar refractivity (Wildman–Crippen MR) is 63.8 cm³/mol. The van der Waals surface area contributed by atoms with E-state index < -0.39 is 0 Å². The number of nitrogens with zero attached hydrogens (tertiary/aromatic N) is 1. The van der Waals surface area contributed by atoms with Gasteiger partial charge in [-0.1, -0.05) is 13.8 Å². The van der Waals surface area contributed by atoms with E-state index >= 15 is 0 Å². The Labute approximate surface area is 95.5 Å². The molecule has 1 saturated heterocycles. The van der Waals surface area contributed by atoms with Crippen molar-refractivity contribution in [3.05, 3.63) is 27.9 Å². The number of aromatic amines is 1. The number of piperidine rings is 1. The molecular formula is C12H19N3O. The van der Waals surface area contributed by atoms with Crippen molar-refractivity contribution in [3.8, 4) is 0 Å². The molecule has 4 nitrogen and oxygen atoms in total. The Morgan fingerprint density at radius 3 is 2.69 bits per heavy atom. The summed E-state index contributed by atoms with van der Waals surface area (Å²) in [6.07, 6.45) is 2.19. The largest absolute Gasteiger partial charge is 0.345 e. The molecule has 2 heterocycles. The molecule has 0 radical (unpaired) electrons. The van der Waals surface area contributed by atoms with Gasteiger partial charge in [-0.25, -0.2) is 4.79 Å². The molecule has 1 fully saturated rings. The highest BCUT2D eigenvalue weighted by Gasteiger charge is 2.17. The summed E-state index contributed by atoms with van der Waals surface area (Å²) in [5.74, 6) is 0.789. The van der Waals surface area contributed by atoms with E-state index in [1.165, 1.54) is 0 Å². The Balaban J connectivity index is 2.29. The first kappa shape index (κ1) is 11.3. The SMILES string of the molecule is CC(C)c1cc(C2CCNCC2)[nH]c(=O)n1. The van der Waals surface area contributed by atoms with Crippen molar-refractivity contribution in [1.29, 1.82) is 0 Å². The molecule has 1 aliphatic heterocycles. The van der Waals surface area contributed by atoms with Crippen LogP contribution in [0.2, 0.25) is 0 Å². The van der Waals surface area contributed by atoms with Crippen molar-refractivity contribution in [2.45, 2.75) is 38.5 Å². The highest BCUT2D eigenvalue weighted by molar-refractivity contribution is 5.15. The summed E-state index contributed by atoms with van der Waals surface area (Å²) in [5.41, 5.74) is 1.75. The van der Waals surface area contributed by atoms with Gasteiger partial charge in [0.05, 0.1) is 5.69 Å². The molecule has 2 rings (SSSR count). The molecule has 0 saturated carbocycles. The van der Waals surface area contributed by atoms with E-state index in [0.29, 0.717) is 11.8 Å². The molecule has 0 aromatic carbocycles. The zero-order valence-electron chi connectivity index (χ0n) is 9.92. The lowest BCUT2D eigenvalue weighted by atomic mass is 9.93. The third-order valence-electron chi connectivity index (χ3n) is 3.16. The van der Waals surface area contributed by atoms with Crippen LogP contribution in [0.4, 0.5) is 0 Å². The lowest BCUT2D eigenvalue weighted by Gasteiger charge is -2.22. The van der Waals surface area contributed by atoms with Crippen molar-refractivity contribution in [3.63, 3.8) is 0 Å². The van der Waals surface area contributed by atoms with Gasteiger partial charge in [0, 0.05) is 11.6 Å². The normalized spacial score (nSPS) is 17.9. The van der Waals surface area contributed by atoms with Gasteiger partial charge in [-0.15, -0.1) is 0 Å². The summed E-state index contributed by atoms with van der Waals surface area (Å²) < 4.78 is 0. The number of H-pyrrole nitrogens is 1. The minimum atomic E-state index is -0.209. The molecule has 2 N–H and O–H groups in total. The molecule has 0 atom stereocenters. The fraction of sp³-hybridized carbons (Fsp3) is 0.667. The summed E-state index contributed by atoms with van der Waals surface area (Å²) in [4.78, 5) is 18.4. The van der Waals surface area contributed by atoms with Gasteiger partial charge < -0.3 is 10.3 Å². The lowest BCUT2D eigenvalue weighted by molar-refractivity contribution is 0.451. The van der Waals surface area contributed by atoms with Gasteiger partial charge in [-0.05, 0) is 37.9 Å². The van der Waals surface area contributed by atoms with Gasteiger partial charge in [-0.2, -0.15) is 4.98 Å². The molecule has 88 valence electrons. The van der Waals surface area contributed by atoms with E-state index in [2.05, 4.69) is 35.2 Å². The number of hydrogen-bond acceptors (Lipinski definition) is 3. The van der Waals surface area contributed by atoms with Gasteiger partial charge in [0.25, 0.3) is 0 Å². The molecule has 16 heavy (non-hydrogen) atoms. The minimum absolute atomic E-state index is 0.209. The van der Waals surface area contributed by atoms with Crippen LogP contribution in [0.25, 0.3) is 0 Å². The lowest BCUT2D eigenvalue weighted by Crippen LogP contribution is -2.28. The van der Waals surface area contributed by atoms with Gasteiger partial charge in [0.1, 0.15) is 0 Å². The Hall–Kier alpha value is -1.16. The Bertz CT molecular complexity index is 405. The van der Waals surface area contributed by atoms with E-state index in [4.69, 9.17) is 0 Å². The topological polar surface area (TPSA) is 57.8 Å². The van der Waals surface area contributed by atoms with E-state index in [9.17, 15) is 4.79 Å². The highest BCUT2D eigenvalue weighted by Crippen LogP contribution is 2.24. The van der Waals surface area contributed by atoms with E-state index in [-0.39, 0.29) is 5.69 Å². The van der Waals surface area contributed by atoms with Crippen LogP contribution in [0.15, 0.2) is 10.9 Å². The number of rotatable bonds is 2. The van der Waals surface area contributed by atoms with Crippen LogP contribution in [0.5, 0.6) is 0 Å². The molecule has 0 bridgehead atoms. The van der Waals surface area contributed by atoms with Gasteiger partial charge in [0.15, 0.2) is 0 Å². The summed E-state index contributed by atoms with van der Waals surface area (Å²) in [6.45, 7) is 6.19. The molecule has 4 heteroatoms. The quantitative estimate of drug-likeness (QED) is 0.792. The number of nitrogens with one attached hydrogen (secondary N) is 2. The monoisotopic (exact) mass is 221 g/mol. The highest BCUT2D eigenvalue weighted by atomic mass is 16.1. The van der Waals surface area contributed by atoms with Crippen LogP contribution >= 0.6 is 0 Å². The van der Waals surface area contributed by atoms with Crippen LogP contribution in [0, 0.1) is 0 Å². The van der Waals surface area contributed by atoms with E-state index in [1.807, 2.05) is 0 Å². The minimum Gasteiger partial charge on any atom is -0.317 e. The molecular weight excluding hydrogens is 202 g/mol. The summed E-state index contributed by atoms with van der Waals surface area (Å²) in [7, 11) is 0. The Kier molecular flexibility index (Phi) is 3.39. The summed E-state index contributed by atoms with van der Waals surface area (Å²) in [5, 5.41) is 3.33. The maximum Gasteiger partial charge on any atom is 0.345 e. The maximum atomic E-state index is 11.5. The smallest absolute Gasteiger partial charge is 0.317 e. The van der Waals surface area contributed by atoms with E-state index in [0.717, 1.165) is 37.3 Å². The molecule has 0 unspecified atom stereocenters. The van der Waals surface area contributed by atoms with Gasteiger partial charge in [0.2, 0.25) is 0 Å². The van der Waals surface area contributed by atoms with Crippen molar-refractivity contribution in [2.24, 2.45) is 0 Å². The average molecular weight is 221 g/mol. The first-order chi connectivity index (χ1) is 7.66. The zero-order valence-corrected chi connectivity index (χ0v) is 9.92. The Morgan fingerprint density at radius 1 is 1.38 bits per heavy atom. The first-order valence-corrected chi connectivity index (χ1v) is 5.98. The summed E-state index contributed by atoms with van der Waals surface area (Å²) in [6, 6.07) is 2.06. The second-order valence-corrected chi connectivity index (χ2v) is 4.75. The van der Waals surface area contributed by atoms with Gasteiger partial charge >= 0.3 is 5.69 Å². The average Bonchev–Trinajstić information content (AvgIpc) is 2.29. The van der Waals surface area contributed by atoms with Crippen LogP contribution < -0.4 is 11.0 Å². The van der Waals surface area contributed by atoms with Crippen LogP contribution in [0.1, 0.15) is 49.9 Å². The summed E-state index contributed by atoms with van der Waals surface area (Å²) >= 11 is 0. The molecule has 1 aromatic rings. The predicted octanol–water partition coefficient (Wildman–Crippen LogP) is 1.36. The van der Waals surface area contributed by atoms with Crippen LogP contribution in [-0.2, 0) is 0 Å². The van der Waals surface area contributed by atoms with Crippen molar-refractivity contribution in [2.75, 3.05) is 13.1 Å². The second-order valence-electron chi connectivity index (χ2n) is 4.75. The van der Waals surface area contributed by atoms with Crippen molar-refractivity contribution >= 4 is 0 Å². The molecule has 1 aromatic heterocycles. The van der Waals surface area contributed by atoms with Gasteiger partial charge in [-0.3, -0.25) is 0 Å². The zero-order chi connectivity index (χ0) is 11.5. The number of aromatic nitrogens is 2. The fourth-order valence-electron chi connectivity index (χ4n) is 2.14. The van der Waals surface area contributed by atoms with E-state index in [1.54, 1.807) is 0 Å². The van der Waals surface area contributed by atoms with Crippen molar-refractivity contribution in [1.82, 2.24) is 15.3 Å². The Morgan fingerprint density at radius 2 is 2.06 bits per heavy atom. The van der Waals surface area contributed by atoms with Crippen LogP contribution in [0.3, 0.4) is 0 Å². The third kappa shape index (κ3) is 2.50. The first-order valence-electron chi connectivity index (χ1n) is 5.98. The molecule has 0 spiro atoms.